The van der Waals surface area contributed by atoms with E-state index in [1.54, 1.807) is 11.3 Å². The number of aryl methyl sites for hydroxylation is 1. The second kappa shape index (κ2) is 8.75. The van der Waals surface area contributed by atoms with E-state index in [-0.39, 0.29) is 11.3 Å². The molecule has 0 fully saturated rings. The predicted molar refractivity (Wildman–Crippen MR) is 87.1 cm³/mol. The summed E-state index contributed by atoms with van der Waals surface area (Å²) < 4.78 is 0. The van der Waals surface area contributed by atoms with Gasteiger partial charge in [-0.25, -0.2) is 0 Å². The third-order valence-electron chi connectivity index (χ3n) is 3.85. The largest absolute Gasteiger partial charge is 0.356 e. The van der Waals surface area contributed by atoms with Crippen LogP contribution in [0.2, 0.25) is 0 Å². The smallest absolute Gasteiger partial charge is 0.220 e. The summed E-state index contributed by atoms with van der Waals surface area (Å²) in [6.07, 6.45) is 4.75. The standard InChI is InChI=1S/C15H24BrNOS/c1-3-15(4-2,11-16)12-17-14(18)9-5-7-13-8-6-10-19-13/h6,8,10H,3-5,7,9,11-12H2,1-2H3,(H,17,18). The van der Waals surface area contributed by atoms with Gasteiger partial charge in [0.05, 0.1) is 0 Å². The first kappa shape index (κ1) is 16.7. The zero-order valence-electron chi connectivity index (χ0n) is 11.9. The Balaban J connectivity index is 2.23. The summed E-state index contributed by atoms with van der Waals surface area (Å²) in [4.78, 5) is 13.2. The zero-order valence-corrected chi connectivity index (χ0v) is 14.3. The fourth-order valence-corrected chi connectivity index (χ4v) is 3.73. The normalized spacial score (nSPS) is 11.5. The number of amides is 1. The maximum atomic E-state index is 11.8. The molecule has 108 valence electrons. The topological polar surface area (TPSA) is 29.1 Å². The number of nitrogens with one attached hydrogen (secondary N) is 1. The summed E-state index contributed by atoms with van der Waals surface area (Å²) >= 11 is 5.34. The van der Waals surface area contributed by atoms with Gasteiger partial charge in [-0.15, -0.1) is 11.3 Å². The Bertz CT molecular complexity index is 352. The molecular weight excluding hydrogens is 322 g/mol. The van der Waals surface area contributed by atoms with Crippen LogP contribution in [0.15, 0.2) is 17.5 Å². The van der Waals surface area contributed by atoms with E-state index >= 15 is 0 Å². The van der Waals surface area contributed by atoms with E-state index < -0.39 is 0 Å². The molecule has 0 aliphatic carbocycles. The van der Waals surface area contributed by atoms with Crippen molar-refractivity contribution in [3.05, 3.63) is 22.4 Å². The minimum absolute atomic E-state index is 0.184. The molecule has 1 amide bonds. The van der Waals surface area contributed by atoms with Crippen LogP contribution in [0, 0.1) is 5.41 Å². The van der Waals surface area contributed by atoms with Gasteiger partial charge in [-0.05, 0) is 42.5 Å². The summed E-state index contributed by atoms with van der Waals surface area (Å²) in [7, 11) is 0. The van der Waals surface area contributed by atoms with Crippen molar-refractivity contribution < 1.29 is 4.79 Å². The van der Waals surface area contributed by atoms with Crippen molar-refractivity contribution in [3.8, 4) is 0 Å². The molecule has 0 atom stereocenters. The van der Waals surface area contributed by atoms with Crippen LogP contribution >= 0.6 is 27.3 Å². The lowest BCUT2D eigenvalue weighted by Gasteiger charge is -2.29. The van der Waals surface area contributed by atoms with Crippen LogP contribution in [-0.2, 0) is 11.2 Å². The first-order valence-electron chi connectivity index (χ1n) is 7.01. The molecular formula is C15H24BrNOS. The Morgan fingerprint density at radius 3 is 2.68 bits per heavy atom. The third kappa shape index (κ3) is 5.65. The second-order valence-electron chi connectivity index (χ2n) is 5.05. The van der Waals surface area contributed by atoms with Gasteiger partial charge in [0, 0.05) is 23.2 Å². The number of hydrogen-bond donors (Lipinski definition) is 1. The molecule has 1 heterocycles. The molecule has 0 aromatic carbocycles. The van der Waals surface area contributed by atoms with Gasteiger partial charge < -0.3 is 5.32 Å². The van der Waals surface area contributed by atoms with Gasteiger partial charge >= 0.3 is 0 Å². The van der Waals surface area contributed by atoms with Gasteiger partial charge in [-0.1, -0.05) is 35.8 Å². The van der Waals surface area contributed by atoms with Gasteiger partial charge in [-0.2, -0.15) is 0 Å². The first-order valence-corrected chi connectivity index (χ1v) is 9.01. The first-order chi connectivity index (χ1) is 9.15. The van der Waals surface area contributed by atoms with Crippen LogP contribution < -0.4 is 5.32 Å². The van der Waals surface area contributed by atoms with Crippen molar-refractivity contribution in [2.24, 2.45) is 5.41 Å². The van der Waals surface area contributed by atoms with E-state index in [0.717, 1.165) is 37.6 Å². The zero-order chi connectivity index (χ0) is 14.1. The number of alkyl halides is 1. The molecule has 0 bridgehead atoms. The monoisotopic (exact) mass is 345 g/mol. The summed E-state index contributed by atoms with van der Waals surface area (Å²) in [6.45, 7) is 5.16. The summed E-state index contributed by atoms with van der Waals surface area (Å²) in [5.41, 5.74) is 0.212. The predicted octanol–water partition coefficient (Wildman–Crippen LogP) is 4.39. The highest BCUT2D eigenvalue weighted by atomic mass is 79.9. The van der Waals surface area contributed by atoms with Crippen LogP contribution in [0.5, 0.6) is 0 Å². The van der Waals surface area contributed by atoms with Gasteiger partial charge in [0.15, 0.2) is 0 Å². The van der Waals surface area contributed by atoms with E-state index in [9.17, 15) is 4.79 Å². The average molecular weight is 346 g/mol. The van der Waals surface area contributed by atoms with Gasteiger partial charge in [0.1, 0.15) is 0 Å². The number of thiophene rings is 1. The lowest BCUT2D eigenvalue weighted by Crippen LogP contribution is -2.38. The average Bonchev–Trinajstić information content (AvgIpc) is 2.94. The van der Waals surface area contributed by atoms with E-state index in [1.165, 1.54) is 4.88 Å². The minimum atomic E-state index is 0.184. The second-order valence-corrected chi connectivity index (χ2v) is 6.64. The number of halogens is 1. The Kier molecular flexibility index (Phi) is 7.69. The highest BCUT2D eigenvalue weighted by Crippen LogP contribution is 2.27. The summed E-state index contributed by atoms with van der Waals surface area (Å²) in [5.74, 6) is 0.184. The van der Waals surface area contributed by atoms with Crippen LogP contribution in [0.25, 0.3) is 0 Å². The van der Waals surface area contributed by atoms with Crippen molar-refractivity contribution in [1.82, 2.24) is 5.32 Å². The van der Waals surface area contributed by atoms with Crippen molar-refractivity contribution in [2.75, 3.05) is 11.9 Å². The molecule has 1 N–H and O–H groups in total. The fraction of sp³-hybridized carbons (Fsp3) is 0.667. The number of rotatable bonds is 9. The maximum absolute atomic E-state index is 11.8. The Morgan fingerprint density at radius 1 is 1.42 bits per heavy atom. The lowest BCUT2D eigenvalue weighted by molar-refractivity contribution is -0.121. The van der Waals surface area contributed by atoms with E-state index in [2.05, 4.69) is 52.6 Å². The molecule has 0 saturated heterocycles. The van der Waals surface area contributed by atoms with Crippen molar-refractivity contribution in [1.29, 1.82) is 0 Å². The maximum Gasteiger partial charge on any atom is 0.220 e. The Hall–Kier alpha value is -0.350. The molecule has 0 aliphatic heterocycles. The molecule has 1 aromatic rings. The highest BCUT2D eigenvalue weighted by molar-refractivity contribution is 9.09. The van der Waals surface area contributed by atoms with Crippen LogP contribution in [0.1, 0.15) is 44.4 Å². The van der Waals surface area contributed by atoms with E-state index in [0.29, 0.717) is 6.42 Å². The van der Waals surface area contributed by atoms with Crippen molar-refractivity contribution in [2.45, 2.75) is 46.0 Å². The fourth-order valence-electron chi connectivity index (χ4n) is 1.99. The molecule has 0 unspecified atom stereocenters. The number of carbonyl (C=O) groups is 1. The molecule has 4 heteroatoms. The van der Waals surface area contributed by atoms with E-state index in [4.69, 9.17) is 0 Å². The molecule has 1 rings (SSSR count). The molecule has 19 heavy (non-hydrogen) atoms. The Morgan fingerprint density at radius 2 is 2.16 bits per heavy atom. The molecule has 1 aromatic heterocycles. The molecule has 2 nitrogen and oxygen atoms in total. The lowest BCUT2D eigenvalue weighted by atomic mass is 9.84. The van der Waals surface area contributed by atoms with Gasteiger partial charge in [-0.3, -0.25) is 4.79 Å². The number of carbonyl (C=O) groups excluding carboxylic acids is 1. The van der Waals surface area contributed by atoms with Gasteiger partial charge in [0.25, 0.3) is 0 Å². The molecule has 0 aliphatic rings. The molecule has 0 saturated carbocycles. The summed E-state index contributed by atoms with van der Waals surface area (Å²) in [5, 5.41) is 6.12. The SMILES string of the molecule is CCC(CC)(CBr)CNC(=O)CCCc1cccs1. The molecule has 0 spiro atoms. The summed E-state index contributed by atoms with van der Waals surface area (Å²) in [6, 6.07) is 4.19. The highest BCUT2D eigenvalue weighted by Gasteiger charge is 2.25. The number of hydrogen-bond acceptors (Lipinski definition) is 2. The van der Waals surface area contributed by atoms with Crippen LogP contribution in [-0.4, -0.2) is 17.8 Å². The van der Waals surface area contributed by atoms with Crippen molar-refractivity contribution in [3.63, 3.8) is 0 Å². The van der Waals surface area contributed by atoms with Crippen LogP contribution in [0.4, 0.5) is 0 Å². The minimum Gasteiger partial charge on any atom is -0.356 e. The quantitative estimate of drug-likeness (QED) is 0.660. The Labute approximate surface area is 129 Å². The van der Waals surface area contributed by atoms with E-state index in [1.807, 2.05) is 0 Å². The van der Waals surface area contributed by atoms with Crippen LogP contribution in [0.3, 0.4) is 0 Å². The van der Waals surface area contributed by atoms with Crippen molar-refractivity contribution >= 4 is 33.2 Å². The molecule has 0 radical (unpaired) electrons. The van der Waals surface area contributed by atoms with Gasteiger partial charge in [0.2, 0.25) is 5.91 Å². The third-order valence-corrected chi connectivity index (χ3v) is 5.98.